The minimum absolute atomic E-state index is 1.08. The van der Waals surface area contributed by atoms with Gasteiger partial charge in [0.15, 0.2) is 0 Å². The summed E-state index contributed by atoms with van der Waals surface area (Å²) in [5, 5.41) is 3.50. The van der Waals surface area contributed by atoms with E-state index in [1.165, 1.54) is 19.5 Å². The molecule has 17 heavy (non-hydrogen) atoms. The van der Waals surface area contributed by atoms with Gasteiger partial charge >= 0.3 is 0 Å². The van der Waals surface area contributed by atoms with Gasteiger partial charge in [0.1, 0.15) is 0 Å². The van der Waals surface area contributed by atoms with Crippen molar-refractivity contribution < 1.29 is 0 Å². The highest BCUT2D eigenvalue weighted by Crippen LogP contribution is 1.91. The Hall–Kier alpha value is -0.160. The van der Waals surface area contributed by atoms with Crippen molar-refractivity contribution in [1.29, 1.82) is 0 Å². The highest BCUT2D eigenvalue weighted by molar-refractivity contribution is 4.61. The predicted molar refractivity (Wildman–Crippen MR) is 76.7 cm³/mol. The van der Waals surface area contributed by atoms with Crippen molar-refractivity contribution in [3.63, 3.8) is 0 Å². The quantitative estimate of drug-likeness (QED) is 0.532. The average molecular weight is 244 g/mol. The molecular formula is C13H32N4. The standard InChI is InChI=1S/C13H32N4/c1-6-9-17(13-12-16(4)5)11-8-14-7-10-15(2)3/h14H,6-13H2,1-5H3. The maximum Gasteiger partial charge on any atom is 0.0110 e. The van der Waals surface area contributed by atoms with Gasteiger partial charge in [-0.25, -0.2) is 0 Å². The molecule has 0 aromatic heterocycles. The zero-order chi connectivity index (χ0) is 13.1. The third-order valence-corrected chi connectivity index (χ3v) is 2.74. The van der Waals surface area contributed by atoms with Gasteiger partial charge in [-0.15, -0.1) is 0 Å². The van der Waals surface area contributed by atoms with E-state index in [0.29, 0.717) is 0 Å². The fourth-order valence-corrected chi connectivity index (χ4v) is 1.66. The van der Waals surface area contributed by atoms with E-state index in [1.807, 2.05) is 0 Å². The summed E-state index contributed by atoms with van der Waals surface area (Å²) in [5.41, 5.74) is 0. The fraction of sp³-hybridized carbons (Fsp3) is 1.00. The summed E-state index contributed by atoms with van der Waals surface area (Å²) in [5.74, 6) is 0. The first-order valence-corrected chi connectivity index (χ1v) is 6.78. The minimum atomic E-state index is 1.08. The van der Waals surface area contributed by atoms with Crippen LogP contribution >= 0.6 is 0 Å². The van der Waals surface area contributed by atoms with E-state index in [4.69, 9.17) is 0 Å². The number of rotatable bonds is 11. The summed E-state index contributed by atoms with van der Waals surface area (Å²) < 4.78 is 0. The molecule has 4 nitrogen and oxygen atoms in total. The number of nitrogens with zero attached hydrogens (tertiary/aromatic N) is 3. The van der Waals surface area contributed by atoms with Gasteiger partial charge in [0, 0.05) is 39.3 Å². The Morgan fingerprint density at radius 2 is 1.29 bits per heavy atom. The van der Waals surface area contributed by atoms with Crippen LogP contribution in [0.2, 0.25) is 0 Å². The molecule has 0 aromatic rings. The molecule has 0 bridgehead atoms. The maximum atomic E-state index is 3.50. The molecule has 0 fully saturated rings. The van der Waals surface area contributed by atoms with Gasteiger partial charge in [-0.1, -0.05) is 6.92 Å². The molecule has 0 spiro atoms. The molecule has 0 aliphatic heterocycles. The summed E-state index contributed by atoms with van der Waals surface area (Å²) in [7, 11) is 8.50. The number of likely N-dealkylation sites (N-methyl/N-ethyl adjacent to an activating group) is 2. The molecule has 0 aromatic carbocycles. The Labute approximate surface area is 108 Å². The molecule has 0 unspecified atom stereocenters. The van der Waals surface area contributed by atoms with Crippen molar-refractivity contribution in [2.45, 2.75) is 13.3 Å². The van der Waals surface area contributed by atoms with Crippen molar-refractivity contribution in [1.82, 2.24) is 20.0 Å². The second-order valence-corrected chi connectivity index (χ2v) is 5.20. The minimum Gasteiger partial charge on any atom is -0.314 e. The van der Waals surface area contributed by atoms with Crippen LogP contribution in [0.5, 0.6) is 0 Å². The highest BCUT2D eigenvalue weighted by atomic mass is 15.2. The van der Waals surface area contributed by atoms with Crippen LogP contribution in [-0.2, 0) is 0 Å². The van der Waals surface area contributed by atoms with Crippen LogP contribution in [0.1, 0.15) is 13.3 Å². The van der Waals surface area contributed by atoms with Crippen molar-refractivity contribution in [2.24, 2.45) is 0 Å². The molecule has 0 rings (SSSR count). The zero-order valence-corrected chi connectivity index (χ0v) is 12.5. The molecule has 0 atom stereocenters. The summed E-state index contributed by atoms with van der Waals surface area (Å²) in [6.45, 7) is 10.3. The van der Waals surface area contributed by atoms with Gasteiger partial charge in [0.05, 0.1) is 0 Å². The zero-order valence-electron chi connectivity index (χ0n) is 12.5. The molecule has 0 radical (unpaired) electrons. The largest absolute Gasteiger partial charge is 0.314 e. The van der Waals surface area contributed by atoms with Crippen molar-refractivity contribution in [2.75, 3.05) is 74.0 Å². The molecule has 4 heteroatoms. The van der Waals surface area contributed by atoms with Gasteiger partial charge in [-0.3, -0.25) is 0 Å². The lowest BCUT2D eigenvalue weighted by Gasteiger charge is -2.23. The van der Waals surface area contributed by atoms with E-state index in [0.717, 1.165) is 32.7 Å². The van der Waals surface area contributed by atoms with Gasteiger partial charge < -0.3 is 20.0 Å². The van der Waals surface area contributed by atoms with Crippen LogP contribution in [0, 0.1) is 0 Å². The van der Waals surface area contributed by atoms with Crippen molar-refractivity contribution >= 4 is 0 Å². The van der Waals surface area contributed by atoms with Gasteiger partial charge in [-0.05, 0) is 41.2 Å². The number of nitrogens with one attached hydrogen (secondary N) is 1. The monoisotopic (exact) mass is 244 g/mol. The second kappa shape index (κ2) is 11.0. The normalized spacial score (nSPS) is 12.0. The van der Waals surface area contributed by atoms with Gasteiger partial charge in [0.2, 0.25) is 0 Å². The van der Waals surface area contributed by atoms with Gasteiger partial charge in [-0.2, -0.15) is 0 Å². The van der Waals surface area contributed by atoms with Crippen LogP contribution in [-0.4, -0.2) is 88.7 Å². The van der Waals surface area contributed by atoms with Crippen molar-refractivity contribution in [3.05, 3.63) is 0 Å². The van der Waals surface area contributed by atoms with Crippen molar-refractivity contribution in [3.8, 4) is 0 Å². The second-order valence-electron chi connectivity index (χ2n) is 5.20. The Bertz CT molecular complexity index is 159. The number of hydrogen-bond donors (Lipinski definition) is 1. The first-order chi connectivity index (χ1) is 8.06. The maximum absolute atomic E-state index is 3.50. The first kappa shape index (κ1) is 16.8. The van der Waals surface area contributed by atoms with Crippen LogP contribution in [0.25, 0.3) is 0 Å². The third kappa shape index (κ3) is 12.1. The van der Waals surface area contributed by atoms with E-state index in [2.05, 4.69) is 55.1 Å². The van der Waals surface area contributed by atoms with Crippen LogP contribution in [0.4, 0.5) is 0 Å². The van der Waals surface area contributed by atoms with Gasteiger partial charge in [0.25, 0.3) is 0 Å². The lowest BCUT2D eigenvalue weighted by molar-refractivity contribution is 0.240. The first-order valence-electron chi connectivity index (χ1n) is 6.78. The Morgan fingerprint density at radius 1 is 0.706 bits per heavy atom. The average Bonchev–Trinajstić information content (AvgIpc) is 2.24. The molecule has 0 amide bonds. The molecule has 0 saturated heterocycles. The SMILES string of the molecule is CCCN(CCNCCN(C)C)CCN(C)C. The summed E-state index contributed by atoms with van der Waals surface area (Å²) >= 11 is 0. The molecule has 0 heterocycles. The van der Waals surface area contributed by atoms with E-state index >= 15 is 0 Å². The smallest absolute Gasteiger partial charge is 0.0110 e. The topological polar surface area (TPSA) is 21.8 Å². The Balaban J connectivity index is 3.55. The lowest BCUT2D eigenvalue weighted by atomic mass is 10.3. The predicted octanol–water partition coefficient (Wildman–Crippen LogP) is 0.411. The van der Waals surface area contributed by atoms with E-state index in [9.17, 15) is 0 Å². The van der Waals surface area contributed by atoms with E-state index in [1.54, 1.807) is 0 Å². The van der Waals surface area contributed by atoms with Crippen LogP contribution in [0.15, 0.2) is 0 Å². The van der Waals surface area contributed by atoms with E-state index < -0.39 is 0 Å². The van der Waals surface area contributed by atoms with E-state index in [-0.39, 0.29) is 0 Å². The summed E-state index contributed by atoms with van der Waals surface area (Å²) in [6, 6.07) is 0. The summed E-state index contributed by atoms with van der Waals surface area (Å²) in [4.78, 5) is 7.01. The molecule has 0 saturated carbocycles. The molecular weight excluding hydrogens is 212 g/mol. The van der Waals surface area contributed by atoms with Crippen LogP contribution < -0.4 is 5.32 Å². The Morgan fingerprint density at radius 3 is 1.82 bits per heavy atom. The Kier molecular flexibility index (Phi) is 10.9. The lowest BCUT2D eigenvalue weighted by Crippen LogP contribution is -2.38. The fourth-order valence-electron chi connectivity index (χ4n) is 1.66. The summed E-state index contributed by atoms with van der Waals surface area (Å²) in [6.07, 6.45) is 1.24. The third-order valence-electron chi connectivity index (χ3n) is 2.74. The molecule has 104 valence electrons. The molecule has 1 N–H and O–H groups in total. The molecule has 0 aliphatic rings. The van der Waals surface area contributed by atoms with Crippen LogP contribution in [0.3, 0.4) is 0 Å². The number of hydrogen-bond acceptors (Lipinski definition) is 4. The highest BCUT2D eigenvalue weighted by Gasteiger charge is 2.03. The molecule has 0 aliphatic carbocycles.